The molecule has 5 heteroatoms. The Morgan fingerprint density at radius 2 is 1.67 bits per heavy atom. The predicted octanol–water partition coefficient (Wildman–Crippen LogP) is 2.00. The lowest BCUT2D eigenvalue weighted by Crippen LogP contribution is -2.38. The summed E-state index contributed by atoms with van der Waals surface area (Å²) >= 11 is 0. The summed E-state index contributed by atoms with van der Waals surface area (Å²) < 4.78 is 0. The van der Waals surface area contributed by atoms with E-state index in [0.29, 0.717) is 38.2 Å². The molecule has 0 N–H and O–H groups in total. The molecule has 0 bridgehead atoms. The largest absolute Gasteiger partial charge is 0.341 e. The summed E-state index contributed by atoms with van der Waals surface area (Å²) in [6.45, 7) is 2.51. The highest BCUT2D eigenvalue weighted by Gasteiger charge is 2.22. The highest BCUT2D eigenvalue weighted by atomic mass is 16.2. The first-order valence-electron chi connectivity index (χ1n) is 8.25. The van der Waals surface area contributed by atoms with E-state index in [1.54, 1.807) is 24.5 Å². The normalized spacial score (nSPS) is 15.0. The van der Waals surface area contributed by atoms with E-state index in [1.165, 1.54) is 0 Å². The molecule has 2 heterocycles. The fourth-order valence-electron chi connectivity index (χ4n) is 2.92. The van der Waals surface area contributed by atoms with E-state index in [9.17, 15) is 9.59 Å². The highest BCUT2D eigenvalue weighted by molar-refractivity contribution is 5.94. The van der Waals surface area contributed by atoms with Crippen molar-refractivity contribution in [2.75, 3.05) is 26.2 Å². The summed E-state index contributed by atoms with van der Waals surface area (Å²) in [6, 6.07) is 13.3. The SMILES string of the molecule is O=C(Cc1ccccc1)N1CCCN(C(=O)c2cccnc2)CC1. The molecule has 1 fully saturated rings. The lowest BCUT2D eigenvalue weighted by Gasteiger charge is -2.22. The van der Waals surface area contributed by atoms with Crippen LogP contribution in [-0.2, 0) is 11.2 Å². The number of carbonyl (C=O) groups is 2. The molecule has 3 rings (SSSR count). The van der Waals surface area contributed by atoms with Gasteiger partial charge in [0.25, 0.3) is 5.91 Å². The fraction of sp³-hybridized carbons (Fsp3) is 0.316. The van der Waals surface area contributed by atoms with E-state index in [4.69, 9.17) is 0 Å². The van der Waals surface area contributed by atoms with Crippen LogP contribution in [0.1, 0.15) is 22.3 Å². The van der Waals surface area contributed by atoms with Gasteiger partial charge in [-0.1, -0.05) is 30.3 Å². The Balaban J connectivity index is 1.59. The van der Waals surface area contributed by atoms with E-state index >= 15 is 0 Å². The van der Waals surface area contributed by atoms with Crippen LogP contribution in [0.4, 0.5) is 0 Å². The van der Waals surface area contributed by atoms with Gasteiger partial charge in [-0.15, -0.1) is 0 Å². The van der Waals surface area contributed by atoms with Gasteiger partial charge in [0.05, 0.1) is 12.0 Å². The number of hydrogen-bond donors (Lipinski definition) is 0. The van der Waals surface area contributed by atoms with E-state index in [-0.39, 0.29) is 11.8 Å². The zero-order chi connectivity index (χ0) is 16.8. The first kappa shape index (κ1) is 16.2. The smallest absolute Gasteiger partial charge is 0.255 e. The molecule has 1 aromatic carbocycles. The summed E-state index contributed by atoms with van der Waals surface area (Å²) in [5.74, 6) is 0.109. The number of nitrogens with zero attached hydrogens (tertiary/aromatic N) is 3. The minimum atomic E-state index is -0.0135. The maximum Gasteiger partial charge on any atom is 0.255 e. The summed E-state index contributed by atoms with van der Waals surface area (Å²) in [5.41, 5.74) is 1.62. The molecule has 2 aromatic rings. The number of carbonyl (C=O) groups excluding carboxylic acids is 2. The molecule has 0 saturated carbocycles. The van der Waals surface area contributed by atoms with Crippen LogP contribution >= 0.6 is 0 Å². The second-order valence-electron chi connectivity index (χ2n) is 5.93. The molecule has 124 valence electrons. The monoisotopic (exact) mass is 323 g/mol. The third-order valence-electron chi connectivity index (χ3n) is 4.24. The quantitative estimate of drug-likeness (QED) is 0.868. The van der Waals surface area contributed by atoms with Crippen molar-refractivity contribution in [1.82, 2.24) is 14.8 Å². The molecule has 1 aliphatic rings. The van der Waals surface area contributed by atoms with Gasteiger partial charge in [-0.25, -0.2) is 0 Å². The minimum absolute atomic E-state index is 0.0135. The van der Waals surface area contributed by atoms with Crippen LogP contribution in [0.15, 0.2) is 54.9 Å². The maximum absolute atomic E-state index is 12.5. The van der Waals surface area contributed by atoms with Crippen molar-refractivity contribution in [3.63, 3.8) is 0 Å². The Kier molecular flexibility index (Phi) is 5.21. The molecule has 24 heavy (non-hydrogen) atoms. The molecule has 1 aromatic heterocycles. The number of amides is 2. The zero-order valence-corrected chi connectivity index (χ0v) is 13.6. The van der Waals surface area contributed by atoms with Crippen LogP contribution in [0.5, 0.6) is 0 Å². The minimum Gasteiger partial charge on any atom is -0.341 e. The van der Waals surface area contributed by atoms with Gasteiger partial charge < -0.3 is 9.80 Å². The molecule has 0 atom stereocenters. The maximum atomic E-state index is 12.5. The van der Waals surface area contributed by atoms with Gasteiger partial charge in [-0.3, -0.25) is 14.6 Å². The molecule has 0 unspecified atom stereocenters. The van der Waals surface area contributed by atoms with Crippen LogP contribution in [0.25, 0.3) is 0 Å². The molecule has 5 nitrogen and oxygen atoms in total. The second-order valence-corrected chi connectivity index (χ2v) is 5.93. The molecular weight excluding hydrogens is 302 g/mol. The van der Waals surface area contributed by atoms with Gasteiger partial charge in [-0.05, 0) is 24.1 Å². The van der Waals surface area contributed by atoms with E-state index in [2.05, 4.69) is 4.98 Å². The Bertz CT molecular complexity index is 688. The Labute approximate surface area is 141 Å². The van der Waals surface area contributed by atoms with Crippen molar-refractivity contribution in [2.45, 2.75) is 12.8 Å². The molecule has 1 saturated heterocycles. The van der Waals surface area contributed by atoms with E-state index < -0.39 is 0 Å². The van der Waals surface area contributed by atoms with E-state index in [0.717, 1.165) is 12.0 Å². The highest BCUT2D eigenvalue weighted by Crippen LogP contribution is 2.10. The van der Waals surface area contributed by atoms with Crippen molar-refractivity contribution in [3.05, 3.63) is 66.0 Å². The zero-order valence-electron chi connectivity index (χ0n) is 13.6. The van der Waals surface area contributed by atoms with Crippen molar-refractivity contribution >= 4 is 11.8 Å². The third kappa shape index (κ3) is 3.98. The fourth-order valence-corrected chi connectivity index (χ4v) is 2.92. The van der Waals surface area contributed by atoms with E-state index in [1.807, 2.05) is 40.1 Å². The standard InChI is InChI=1S/C19H21N3O2/c23-18(14-16-6-2-1-3-7-16)21-10-5-11-22(13-12-21)19(24)17-8-4-9-20-15-17/h1-4,6-9,15H,5,10-14H2. The molecular formula is C19H21N3O2. The van der Waals surface area contributed by atoms with Crippen LogP contribution in [0.2, 0.25) is 0 Å². The van der Waals surface area contributed by atoms with Gasteiger partial charge in [0.15, 0.2) is 0 Å². The lowest BCUT2D eigenvalue weighted by molar-refractivity contribution is -0.130. The van der Waals surface area contributed by atoms with Crippen LogP contribution < -0.4 is 0 Å². The van der Waals surface area contributed by atoms with Crippen LogP contribution in [-0.4, -0.2) is 52.8 Å². The van der Waals surface area contributed by atoms with Crippen molar-refractivity contribution < 1.29 is 9.59 Å². The van der Waals surface area contributed by atoms with Gasteiger partial charge in [-0.2, -0.15) is 0 Å². The summed E-state index contributed by atoms with van der Waals surface area (Å²) in [4.78, 5) is 32.7. The van der Waals surface area contributed by atoms with Gasteiger partial charge in [0.2, 0.25) is 5.91 Å². The molecule has 1 aliphatic heterocycles. The molecule has 2 amide bonds. The van der Waals surface area contributed by atoms with Gasteiger partial charge in [0, 0.05) is 38.6 Å². The number of benzene rings is 1. The van der Waals surface area contributed by atoms with Crippen molar-refractivity contribution in [1.29, 1.82) is 0 Å². The molecule has 0 radical (unpaired) electrons. The number of rotatable bonds is 3. The average molecular weight is 323 g/mol. The first-order valence-corrected chi connectivity index (χ1v) is 8.25. The Hall–Kier alpha value is -2.69. The van der Waals surface area contributed by atoms with Crippen molar-refractivity contribution in [3.8, 4) is 0 Å². The van der Waals surface area contributed by atoms with Gasteiger partial charge in [0.1, 0.15) is 0 Å². The third-order valence-corrected chi connectivity index (χ3v) is 4.24. The van der Waals surface area contributed by atoms with Gasteiger partial charge >= 0.3 is 0 Å². The van der Waals surface area contributed by atoms with Crippen LogP contribution in [0, 0.1) is 0 Å². The molecule has 0 spiro atoms. The Morgan fingerprint density at radius 1 is 0.917 bits per heavy atom. The number of hydrogen-bond acceptors (Lipinski definition) is 3. The van der Waals surface area contributed by atoms with Crippen molar-refractivity contribution in [2.24, 2.45) is 0 Å². The number of pyridine rings is 1. The molecule has 0 aliphatic carbocycles. The summed E-state index contributed by atoms with van der Waals surface area (Å²) in [6.07, 6.45) is 4.46. The predicted molar refractivity (Wildman–Crippen MR) is 91.5 cm³/mol. The average Bonchev–Trinajstić information content (AvgIpc) is 2.89. The summed E-state index contributed by atoms with van der Waals surface area (Å²) in [7, 11) is 0. The lowest BCUT2D eigenvalue weighted by atomic mass is 10.1. The second kappa shape index (κ2) is 7.73. The topological polar surface area (TPSA) is 53.5 Å². The first-order chi connectivity index (χ1) is 11.7. The number of aromatic nitrogens is 1. The van der Waals surface area contributed by atoms with Crippen LogP contribution in [0.3, 0.4) is 0 Å². The summed E-state index contributed by atoms with van der Waals surface area (Å²) in [5, 5.41) is 0. The Morgan fingerprint density at radius 3 is 2.42 bits per heavy atom.